The lowest BCUT2D eigenvalue weighted by Crippen LogP contribution is -2.52. The number of nitrogens with zero attached hydrogens (tertiary/aromatic N) is 2. The normalized spacial score (nSPS) is 22.2. The van der Waals surface area contributed by atoms with Gasteiger partial charge in [-0.15, -0.1) is 0 Å². The quantitative estimate of drug-likeness (QED) is 0.839. The van der Waals surface area contributed by atoms with E-state index in [1.165, 1.54) is 5.56 Å². The highest BCUT2D eigenvalue weighted by atomic mass is 16.2. The summed E-state index contributed by atoms with van der Waals surface area (Å²) in [6, 6.07) is 7.57. The molecule has 1 unspecified atom stereocenters. The van der Waals surface area contributed by atoms with Crippen molar-refractivity contribution in [3.8, 4) is 0 Å². The number of nitrogens with one attached hydrogen (secondary N) is 1. The lowest BCUT2D eigenvalue weighted by atomic mass is 9.78. The lowest BCUT2D eigenvalue weighted by molar-refractivity contribution is -0.141. The predicted molar refractivity (Wildman–Crippen MR) is 98.6 cm³/mol. The molecule has 1 aromatic rings. The van der Waals surface area contributed by atoms with Crippen molar-refractivity contribution in [2.45, 2.75) is 64.6 Å². The molecule has 0 bridgehead atoms. The van der Waals surface area contributed by atoms with Gasteiger partial charge in [0.05, 0.1) is 0 Å². The average molecular weight is 357 g/mol. The van der Waals surface area contributed by atoms with Crippen molar-refractivity contribution < 1.29 is 14.4 Å². The second-order valence-corrected chi connectivity index (χ2v) is 7.84. The standard InChI is InChI=1S/C20H27N3O3/c1-13(2)23(14(3)4)17(24)12-22-18(25)20(21-19(22)26)10-9-15-7-5-6-8-16(15)11-20/h5-8,13-14H,9-12H2,1-4H3,(H,21,26). The van der Waals surface area contributed by atoms with Crippen molar-refractivity contribution >= 4 is 17.8 Å². The zero-order valence-corrected chi connectivity index (χ0v) is 15.9. The molecule has 3 rings (SSSR count). The van der Waals surface area contributed by atoms with Crippen molar-refractivity contribution in [3.63, 3.8) is 0 Å². The van der Waals surface area contributed by atoms with Crippen LogP contribution in [-0.2, 0) is 22.4 Å². The van der Waals surface area contributed by atoms with E-state index in [0.717, 1.165) is 16.9 Å². The number of hydrogen-bond donors (Lipinski definition) is 1. The van der Waals surface area contributed by atoms with Crippen LogP contribution in [0.2, 0.25) is 0 Å². The first-order valence-corrected chi connectivity index (χ1v) is 9.27. The fourth-order valence-electron chi connectivity index (χ4n) is 4.23. The number of hydrogen-bond acceptors (Lipinski definition) is 3. The summed E-state index contributed by atoms with van der Waals surface area (Å²) in [4.78, 5) is 41.1. The van der Waals surface area contributed by atoms with E-state index in [9.17, 15) is 14.4 Å². The number of amides is 4. The summed E-state index contributed by atoms with van der Waals surface area (Å²) in [6.45, 7) is 7.53. The first-order valence-electron chi connectivity index (χ1n) is 9.27. The summed E-state index contributed by atoms with van der Waals surface area (Å²) in [5.41, 5.74) is 1.40. The zero-order chi connectivity index (χ0) is 19.1. The monoisotopic (exact) mass is 357 g/mol. The van der Waals surface area contributed by atoms with Gasteiger partial charge >= 0.3 is 6.03 Å². The van der Waals surface area contributed by atoms with Crippen LogP contribution in [0, 0.1) is 0 Å². The number of rotatable bonds is 4. The molecular formula is C20H27N3O3. The first-order chi connectivity index (χ1) is 12.2. The molecule has 1 saturated heterocycles. The highest BCUT2D eigenvalue weighted by Crippen LogP contribution is 2.33. The molecule has 1 aliphatic carbocycles. The molecule has 26 heavy (non-hydrogen) atoms. The maximum absolute atomic E-state index is 13.1. The second kappa shape index (κ2) is 6.74. The summed E-state index contributed by atoms with van der Waals surface area (Å²) < 4.78 is 0. The molecule has 1 aromatic carbocycles. The number of carbonyl (C=O) groups excluding carboxylic acids is 3. The molecule has 6 nitrogen and oxygen atoms in total. The molecule has 1 fully saturated rings. The van der Waals surface area contributed by atoms with Gasteiger partial charge in [-0.2, -0.15) is 0 Å². The van der Waals surface area contributed by atoms with Gasteiger partial charge in [-0.25, -0.2) is 4.79 Å². The zero-order valence-electron chi connectivity index (χ0n) is 15.9. The Hall–Kier alpha value is -2.37. The van der Waals surface area contributed by atoms with Crippen LogP contribution in [0.5, 0.6) is 0 Å². The summed E-state index contributed by atoms with van der Waals surface area (Å²) in [6.07, 6.45) is 1.79. The van der Waals surface area contributed by atoms with Gasteiger partial charge in [-0.05, 0) is 51.7 Å². The van der Waals surface area contributed by atoms with Crippen molar-refractivity contribution in [1.82, 2.24) is 15.1 Å². The Bertz CT molecular complexity index is 736. The molecule has 0 saturated carbocycles. The number of imide groups is 1. The number of urea groups is 1. The molecule has 6 heteroatoms. The van der Waals surface area contributed by atoms with Crippen LogP contribution < -0.4 is 5.32 Å². The third-order valence-electron chi connectivity index (χ3n) is 5.37. The van der Waals surface area contributed by atoms with Crippen LogP contribution in [0.4, 0.5) is 4.79 Å². The van der Waals surface area contributed by atoms with Crippen LogP contribution in [0.25, 0.3) is 0 Å². The molecule has 2 aliphatic rings. The number of carbonyl (C=O) groups is 3. The van der Waals surface area contributed by atoms with Gasteiger partial charge in [0.2, 0.25) is 5.91 Å². The minimum Gasteiger partial charge on any atom is -0.336 e. The van der Waals surface area contributed by atoms with Gasteiger partial charge in [0.25, 0.3) is 5.91 Å². The maximum atomic E-state index is 13.1. The molecule has 1 N–H and O–H groups in total. The molecule has 4 amide bonds. The Labute approximate surface area is 154 Å². The number of aryl methyl sites for hydroxylation is 1. The number of benzene rings is 1. The van der Waals surface area contributed by atoms with Gasteiger partial charge in [0.15, 0.2) is 0 Å². The summed E-state index contributed by atoms with van der Waals surface area (Å²) in [5, 5.41) is 2.88. The van der Waals surface area contributed by atoms with Gasteiger partial charge in [0.1, 0.15) is 12.1 Å². The van der Waals surface area contributed by atoms with Crippen LogP contribution in [0.3, 0.4) is 0 Å². The Kier molecular flexibility index (Phi) is 4.78. The molecule has 140 valence electrons. The predicted octanol–water partition coefficient (Wildman–Crippen LogP) is 2.11. The molecule has 1 aliphatic heterocycles. The summed E-state index contributed by atoms with van der Waals surface area (Å²) in [5.74, 6) is -0.482. The van der Waals surface area contributed by atoms with Gasteiger partial charge in [-0.3, -0.25) is 14.5 Å². The van der Waals surface area contributed by atoms with E-state index in [1.807, 2.05) is 45.9 Å². The third-order valence-corrected chi connectivity index (χ3v) is 5.37. The van der Waals surface area contributed by atoms with E-state index < -0.39 is 11.6 Å². The largest absolute Gasteiger partial charge is 0.336 e. The second-order valence-electron chi connectivity index (χ2n) is 7.84. The van der Waals surface area contributed by atoms with E-state index in [2.05, 4.69) is 11.4 Å². The molecule has 1 atom stereocenters. The van der Waals surface area contributed by atoms with Crippen molar-refractivity contribution in [2.75, 3.05) is 6.54 Å². The molecule has 1 heterocycles. The molecule has 0 aromatic heterocycles. The smallest absolute Gasteiger partial charge is 0.325 e. The highest BCUT2D eigenvalue weighted by molar-refractivity contribution is 6.09. The van der Waals surface area contributed by atoms with Crippen molar-refractivity contribution in [3.05, 3.63) is 35.4 Å². The van der Waals surface area contributed by atoms with E-state index in [0.29, 0.717) is 12.8 Å². The van der Waals surface area contributed by atoms with Crippen molar-refractivity contribution in [1.29, 1.82) is 0 Å². The highest BCUT2D eigenvalue weighted by Gasteiger charge is 2.52. The van der Waals surface area contributed by atoms with Crippen LogP contribution in [0.15, 0.2) is 24.3 Å². The first kappa shape index (κ1) is 18.4. The molecule has 0 radical (unpaired) electrons. The van der Waals surface area contributed by atoms with Gasteiger partial charge in [0, 0.05) is 18.5 Å². The fourth-order valence-corrected chi connectivity index (χ4v) is 4.23. The number of fused-ring (bicyclic) bond motifs is 1. The maximum Gasteiger partial charge on any atom is 0.325 e. The minimum atomic E-state index is -0.911. The van der Waals surface area contributed by atoms with Gasteiger partial charge in [-0.1, -0.05) is 24.3 Å². The van der Waals surface area contributed by atoms with E-state index in [4.69, 9.17) is 0 Å². The Balaban J connectivity index is 1.79. The SMILES string of the molecule is CC(C)N(C(=O)CN1C(=O)NC2(CCc3ccccc3C2)C1=O)C(C)C. The Morgan fingerprint density at radius 2 is 1.77 bits per heavy atom. The van der Waals surface area contributed by atoms with Gasteiger partial charge < -0.3 is 10.2 Å². The van der Waals surface area contributed by atoms with Crippen molar-refractivity contribution in [2.24, 2.45) is 0 Å². The van der Waals surface area contributed by atoms with E-state index in [-0.39, 0.29) is 30.4 Å². The van der Waals surface area contributed by atoms with Crippen LogP contribution in [-0.4, -0.2) is 51.8 Å². The average Bonchev–Trinajstić information content (AvgIpc) is 2.78. The Morgan fingerprint density at radius 1 is 1.15 bits per heavy atom. The topological polar surface area (TPSA) is 69.7 Å². The lowest BCUT2D eigenvalue weighted by Gasteiger charge is -2.33. The van der Waals surface area contributed by atoms with Crippen LogP contribution in [0.1, 0.15) is 45.2 Å². The van der Waals surface area contributed by atoms with Crippen LogP contribution >= 0.6 is 0 Å². The molecule has 1 spiro atoms. The third kappa shape index (κ3) is 3.08. The molecular weight excluding hydrogens is 330 g/mol. The van der Waals surface area contributed by atoms with E-state index >= 15 is 0 Å². The Morgan fingerprint density at radius 3 is 2.38 bits per heavy atom. The summed E-state index contributed by atoms with van der Waals surface area (Å²) in [7, 11) is 0. The summed E-state index contributed by atoms with van der Waals surface area (Å²) >= 11 is 0. The van der Waals surface area contributed by atoms with E-state index in [1.54, 1.807) is 4.90 Å². The fraction of sp³-hybridized carbons (Fsp3) is 0.550. The minimum absolute atomic E-state index is 0.0128.